The van der Waals surface area contributed by atoms with Crippen LogP contribution in [0.2, 0.25) is 5.02 Å². The van der Waals surface area contributed by atoms with E-state index in [-0.39, 0.29) is 11.9 Å². The Balaban J connectivity index is 2.11. The van der Waals surface area contributed by atoms with Crippen molar-refractivity contribution in [1.82, 2.24) is 4.98 Å². The number of benzene rings is 1. The number of carbonyl (C=O) groups is 1. The third kappa shape index (κ3) is 3.92. The van der Waals surface area contributed by atoms with Gasteiger partial charge in [-0.2, -0.15) is 0 Å². The maximum atomic E-state index is 11.9. The second kappa shape index (κ2) is 6.68. The number of hydrogen-bond acceptors (Lipinski definition) is 3. The summed E-state index contributed by atoms with van der Waals surface area (Å²) >= 11 is 6.06. The van der Waals surface area contributed by atoms with E-state index in [0.29, 0.717) is 17.1 Å². The molecular weight excluding hydrogens is 274 g/mol. The maximum absolute atomic E-state index is 11.9. The fraction of sp³-hybridized carbons (Fsp3) is 0.333. The molecule has 0 saturated heterocycles. The van der Waals surface area contributed by atoms with E-state index < -0.39 is 0 Å². The number of pyridine rings is 1. The molecule has 0 aliphatic heterocycles. The van der Waals surface area contributed by atoms with Crippen molar-refractivity contribution < 1.29 is 4.79 Å². The number of aromatic nitrogens is 1. The highest BCUT2D eigenvalue weighted by molar-refractivity contribution is 6.32. The molecule has 1 unspecified atom stereocenters. The molecular formula is C15H18ClN3O. The lowest BCUT2D eigenvalue weighted by atomic mass is 10.1. The summed E-state index contributed by atoms with van der Waals surface area (Å²) in [6.07, 6.45) is 3.75. The first kappa shape index (κ1) is 14.8. The molecule has 0 bridgehead atoms. The van der Waals surface area contributed by atoms with Gasteiger partial charge in [0, 0.05) is 29.1 Å². The Morgan fingerprint density at radius 3 is 3.05 bits per heavy atom. The molecule has 4 nitrogen and oxygen atoms in total. The van der Waals surface area contributed by atoms with E-state index in [2.05, 4.69) is 10.3 Å². The van der Waals surface area contributed by atoms with Gasteiger partial charge in [0.2, 0.25) is 5.91 Å². The van der Waals surface area contributed by atoms with E-state index in [1.165, 1.54) is 0 Å². The highest BCUT2D eigenvalue weighted by Gasteiger charge is 2.08. The van der Waals surface area contributed by atoms with Crippen molar-refractivity contribution in [2.24, 2.45) is 5.73 Å². The van der Waals surface area contributed by atoms with Gasteiger partial charge in [-0.15, -0.1) is 0 Å². The van der Waals surface area contributed by atoms with Crippen molar-refractivity contribution in [3.8, 4) is 0 Å². The Labute approximate surface area is 123 Å². The predicted octanol–water partition coefficient (Wildman–Crippen LogP) is 3.34. The molecule has 0 radical (unpaired) electrons. The normalized spacial score (nSPS) is 12.3. The van der Waals surface area contributed by atoms with Crippen LogP contribution >= 0.6 is 11.6 Å². The van der Waals surface area contributed by atoms with Crippen LogP contribution in [0.1, 0.15) is 26.2 Å². The summed E-state index contributed by atoms with van der Waals surface area (Å²) < 4.78 is 0. The van der Waals surface area contributed by atoms with Crippen LogP contribution in [-0.4, -0.2) is 16.9 Å². The van der Waals surface area contributed by atoms with Crippen LogP contribution in [0.15, 0.2) is 30.5 Å². The predicted molar refractivity (Wildman–Crippen MR) is 82.9 cm³/mol. The monoisotopic (exact) mass is 291 g/mol. The van der Waals surface area contributed by atoms with Crippen LogP contribution in [0.4, 0.5) is 5.69 Å². The number of halogens is 1. The molecule has 5 heteroatoms. The van der Waals surface area contributed by atoms with Crippen LogP contribution in [0.3, 0.4) is 0 Å². The van der Waals surface area contributed by atoms with Gasteiger partial charge in [-0.05, 0) is 38.0 Å². The van der Waals surface area contributed by atoms with Crippen LogP contribution in [0.25, 0.3) is 10.9 Å². The van der Waals surface area contributed by atoms with Gasteiger partial charge in [-0.25, -0.2) is 0 Å². The molecule has 1 heterocycles. The third-order valence-corrected chi connectivity index (χ3v) is 3.23. The smallest absolute Gasteiger partial charge is 0.224 e. The summed E-state index contributed by atoms with van der Waals surface area (Å²) in [6, 6.07) is 7.43. The first-order valence-electron chi connectivity index (χ1n) is 6.66. The average Bonchev–Trinajstić information content (AvgIpc) is 2.38. The van der Waals surface area contributed by atoms with Crippen LogP contribution in [0.5, 0.6) is 0 Å². The minimum absolute atomic E-state index is 0.0418. The van der Waals surface area contributed by atoms with E-state index in [1.54, 1.807) is 12.3 Å². The van der Waals surface area contributed by atoms with Gasteiger partial charge in [-0.3, -0.25) is 9.78 Å². The number of anilines is 1. The van der Waals surface area contributed by atoms with Crippen LogP contribution in [-0.2, 0) is 4.79 Å². The first-order valence-corrected chi connectivity index (χ1v) is 7.04. The largest absolute Gasteiger partial charge is 0.328 e. The Bertz CT molecular complexity index is 613. The number of nitrogens with zero attached hydrogens (tertiary/aromatic N) is 1. The lowest BCUT2D eigenvalue weighted by Gasteiger charge is -2.09. The molecule has 0 fully saturated rings. The van der Waals surface area contributed by atoms with E-state index in [1.807, 2.05) is 25.1 Å². The molecule has 2 rings (SSSR count). The first-order chi connectivity index (χ1) is 9.56. The van der Waals surface area contributed by atoms with Gasteiger partial charge in [0.05, 0.1) is 11.2 Å². The zero-order valence-electron chi connectivity index (χ0n) is 11.4. The molecule has 0 saturated carbocycles. The Morgan fingerprint density at radius 1 is 1.50 bits per heavy atom. The standard InChI is InChI=1S/C15H18ClN3O/c1-10(17)4-2-6-14(20)19-13-9-12(16)8-11-5-3-7-18-15(11)13/h3,5,7-10H,2,4,6,17H2,1H3,(H,19,20). The van der Waals surface area contributed by atoms with E-state index in [4.69, 9.17) is 17.3 Å². The second-order valence-corrected chi connectivity index (χ2v) is 5.38. The van der Waals surface area contributed by atoms with Crippen molar-refractivity contribution >= 4 is 34.1 Å². The quantitative estimate of drug-likeness (QED) is 0.888. The van der Waals surface area contributed by atoms with Gasteiger partial charge in [-0.1, -0.05) is 17.7 Å². The van der Waals surface area contributed by atoms with Gasteiger partial charge < -0.3 is 11.1 Å². The fourth-order valence-corrected chi connectivity index (χ4v) is 2.27. The number of nitrogens with two attached hydrogens (primary N) is 1. The SMILES string of the molecule is CC(N)CCCC(=O)Nc1cc(Cl)cc2cccnc12. The van der Waals surface area contributed by atoms with Crippen LogP contribution < -0.4 is 11.1 Å². The minimum Gasteiger partial charge on any atom is -0.328 e. The Kier molecular flexibility index (Phi) is 4.93. The molecule has 0 aliphatic rings. The number of nitrogens with one attached hydrogen (secondary N) is 1. The van der Waals surface area contributed by atoms with Crippen molar-refractivity contribution in [2.45, 2.75) is 32.2 Å². The lowest BCUT2D eigenvalue weighted by molar-refractivity contribution is -0.116. The van der Waals surface area contributed by atoms with Gasteiger partial charge in [0.25, 0.3) is 0 Å². The fourth-order valence-electron chi connectivity index (χ4n) is 2.05. The molecule has 1 atom stereocenters. The summed E-state index contributed by atoms with van der Waals surface area (Å²) in [6.45, 7) is 1.94. The number of fused-ring (bicyclic) bond motifs is 1. The van der Waals surface area contributed by atoms with Gasteiger partial charge in [0.1, 0.15) is 0 Å². The third-order valence-electron chi connectivity index (χ3n) is 3.01. The van der Waals surface area contributed by atoms with Crippen molar-refractivity contribution in [2.75, 3.05) is 5.32 Å². The molecule has 106 valence electrons. The zero-order chi connectivity index (χ0) is 14.5. The Morgan fingerprint density at radius 2 is 2.30 bits per heavy atom. The average molecular weight is 292 g/mol. The summed E-state index contributed by atoms with van der Waals surface area (Å²) in [5.74, 6) is -0.0418. The van der Waals surface area contributed by atoms with Crippen molar-refractivity contribution in [3.05, 3.63) is 35.5 Å². The van der Waals surface area contributed by atoms with Gasteiger partial charge >= 0.3 is 0 Å². The molecule has 0 spiro atoms. The minimum atomic E-state index is -0.0418. The summed E-state index contributed by atoms with van der Waals surface area (Å²) in [4.78, 5) is 16.2. The highest BCUT2D eigenvalue weighted by atomic mass is 35.5. The Hall–Kier alpha value is -1.65. The summed E-state index contributed by atoms with van der Waals surface area (Å²) in [5, 5.41) is 4.36. The molecule has 1 aromatic carbocycles. The molecule has 20 heavy (non-hydrogen) atoms. The van der Waals surface area contributed by atoms with Crippen LogP contribution in [0, 0.1) is 0 Å². The van der Waals surface area contributed by atoms with E-state index >= 15 is 0 Å². The second-order valence-electron chi connectivity index (χ2n) is 4.95. The van der Waals surface area contributed by atoms with Crippen molar-refractivity contribution in [1.29, 1.82) is 0 Å². The molecule has 2 aromatic rings. The molecule has 3 N–H and O–H groups in total. The molecule has 0 aliphatic carbocycles. The highest BCUT2D eigenvalue weighted by Crippen LogP contribution is 2.26. The molecule has 1 amide bonds. The van der Waals surface area contributed by atoms with Crippen molar-refractivity contribution in [3.63, 3.8) is 0 Å². The lowest BCUT2D eigenvalue weighted by Crippen LogP contribution is -2.17. The topological polar surface area (TPSA) is 68.0 Å². The summed E-state index contributed by atoms with van der Waals surface area (Å²) in [5.41, 5.74) is 7.07. The maximum Gasteiger partial charge on any atom is 0.224 e. The zero-order valence-corrected chi connectivity index (χ0v) is 12.2. The number of hydrogen-bond donors (Lipinski definition) is 2. The van der Waals surface area contributed by atoms with E-state index in [0.717, 1.165) is 23.7 Å². The number of rotatable bonds is 5. The van der Waals surface area contributed by atoms with Gasteiger partial charge in [0.15, 0.2) is 0 Å². The summed E-state index contributed by atoms with van der Waals surface area (Å²) in [7, 11) is 0. The molecule has 1 aromatic heterocycles. The number of amides is 1. The number of carbonyl (C=O) groups excluding carboxylic acids is 1. The van der Waals surface area contributed by atoms with E-state index in [9.17, 15) is 4.79 Å².